The molecule has 0 saturated carbocycles. The van der Waals surface area contributed by atoms with Crippen LogP contribution >= 0.6 is 0 Å². The predicted molar refractivity (Wildman–Crippen MR) is 61.1 cm³/mol. The molecule has 0 aliphatic heterocycles. The molecule has 92 valence electrons. The number of nitrogens with zero attached hydrogens (tertiary/aromatic N) is 1. The van der Waals surface area contributed by atoms with Crippen molar-refractivity contribution in [1.29, 1.82) is 0 Å². The zero-order valence-electron chi connectivity index (χ0n) is 9.85. The predicted octanol–water partition coefficient (Wildman–Crippen LogP) is 1.04. The number of aromatic amines is 1. The number of nitrogens with one attached hydrogen (secondary N) is 1. The second-order valence-electron chi connectivity index (χ2n) is 4.17. The molecule has 6 heteroatoms. The second-order valence-corrected chi connectivity index (χ2v) is 4.17. The van der Waals surface area contributed by atoms with E-state index in [4.69, 9.17) is 5.11 Å². The van der Waals surface area contributed by atoms with Gasteiger partial charge in [-0.25, -0.2) is 4.79 Å². The number of carboxylic acid groups (broad SMARTS) is 1. The van der Waals surface area contributed by atoms with Crippen molar-refractivity contribution in [2.75, 3.05) is 4.90 Å². The summed E-state index contributed by atoms with van der Waals surface area (Å²) in [5.74, 6) is -1.02. The first-order chi connectivity index (χ1) is 7.80. The lowest BCUT2D eigenvalue weighted by atomic mass is 10.0. The van der Waals surface area contributed by atoms with Crippen LogP contribution in [0.25, 0.3) is 0 Å². The van der Waals surface area contributed by atoms with Crippen LogP contribution in [0.1, 0.15) is 31.1 Å². The van der Waals surface area contributed by atoms with E-state index in [0.717, 1.165) is 4.90 Å². The average molecular weight is 238 g/mol. The molecular formula is C11H14N2O4. The van der Waals surface area contributed by atoms with E-state index in [1.54, 1.807) is 0 Å². The first-order valence-electron chi connectivity index (χ1n) is 4.98. The van der Waals surface area contributed by atoms with Crippen molar-refractivity contribution in [3.63, 3.8) is 0 Å². The van der Waals surface area contributed by atoms with Crippen LogP contribution in [0.2, 0.25) is 0 Å². The number of carbonyl (C=O) groups excluding carboxylic acids is 2. The summed E-state index contributed by atoms with van der Waals surface area (Å²) in [7, 11) is 0. The van der Waals surface area contributed by atoms with E-state index in [9.17, 15) is 14.4 Å². The molecule has 1 aromatic rings. The maximum absolute atomic E-state index is 11.1. The van der Waals surface area contributed by atoms with Crippen molar-refractivity contribution < 1.29 is 19.5 Å². The maximum atomic E-state index is 11.1. The van der Waals surface area contributed by atoms with Gasteiger partial charge in [0.15, 0.2) is 5.78 Å². The van der Waals surface area contributed by atoms with Crippen molar-refractivity contribution >= 4 is 24.0 Å². The topological polar surface area (TPSA) is 90.5 Å². The summed E-state index contributed by atoms with van der Waals surface area (Å²) < 4.78 is 0. The highest BCUT2D eigenvalue weighted by Crippen LogP contribution is 2.22. The minimum Gasteiger partial charge on any atom is -0.480 e. The van der Waals surface area contributed by atoms with Crippen LogP contribution in [0.4, 0.5) is 5.82 Å². The Kier molecular flexibility index (Phi) is 3.36. The standard InChI is InChI=1S/C11H14N2O4/c1-7(15)8-4-9(12-5-8)13(6-14)11(2,3)10(16)17/h4-6,12H,1-3H3,(H,16,17). The molecule has 0 aliphatic rings. The Labute approximate surface area is 98.2 Å². The van der Waals surface area contributed by atoms with Crippen molar-refractivity contribution in [2.24, 2.45) is 0 Å². The van der Waals surface area contributed by atoms with Crippen molar-refractivity contribution in [3.8, 4) is 0 Å². The minimum absolute atomic E-state index is 0.161. The molecule has 0 fully saturated rings. The van der Waals surface area contributed by atoms with Crippen molar-refractivity contribution in [3.05, 3.63) is 17.8 Å². The molecule has 0 aromatic carbocycles. The van der Waals surface area contributed by atoms with E-state index < -0.39 is 11.5 Å². The molecule has 17 heavy (non-hydrogen) atoms. The van der Waals surface area contributed by atoms with Crippen LogP contribution < -0.4 is 4.90 Å². The molecule has 1 amide bonds. The minimum atomic E-state index is -1.39. The molecule has 1 aromatic heterocycles. The Balaban J connectivity index is 3.14. The normalized spacial score (nSPS) is 11.0. The number of aromatic nitrogens is 1. The van der Waals surface area contributed by atoms with E-state index in [0.29, 0.717) is 12.0 Å². The van der Waals surface area contributed by atoms with E-state index in [2.05, 4.69) is 4.98 Å². The Hall–Kier alpha value is -2.11. The number of amides is 1. The summed E-state index contributed by atoms with van der Waals surface area (Å²) in [5, 5.41) is 9.04. The first-order valence-corrected chi connectivity index (χ1v) is 4.98. The van der Waals surface area contributed by atoms with Gasteiger partial charge in [0.1, 0.15) is 11.4 Å². The summed E-state index contributed by atoms with van der Waals surface area (Å²) in [4.78, 5) is 36.9. The fourth-order valence-corrected chi connectivity index (χ4v) is 1.32. The third kappa shape index (κ3) is 2.35. The van der Waals surface area contributed by atoms with Crippen molar-refractivity contribution in [2.45, 2.75) is 26.3 Å². The molecular weight excluding hydrogens is 224 g/mol. The van der Waals surface area contributed by atoms with Crippen LogP contribution in [-0.4, -0.2) is 33.8 Å². The Morgan fingerprint density at radius 3 is 2.41 bits per heavy atom. The molecule has 0 bridgehead atoms. The van der Waals surface area contributed by atoms with Gasteiger partial charge in [0.05, 0.1) is 0 Å². The van der Waals surface area contributed by atoms with Gasteiger partial charge < -0.3 is 10.1 Å². The zero-order valence-corrected chi connectivity index (χ0v) is 9.85. The number of carbonyl (C=O) groups is 3. The fraction of sp³-hybridized carbons (Fsp3) is 0.364. The molecule has 1 rings (SSSR count). The van der Waals surface area contributed by atoms with Crippen LogP contribution in [0.5, 0.6) is 0 Å². The molecule has 0 radical (unpaired) electrons. The summed E-state index contributed by atoms with van der Waals surface area (Å²) in [5.41, 5.74) is -0.992. The Morgan fingerprint density at radius 1 is 1.47 bits per heavy atom. The fourth-order valence-electron chi connectivity index (χ4n) is 1.32. The summed E-state index contributed by atoms with van der Waals surface area (Å²) in [6.45, 7) is 4.19. The summed E-state index contributed by atoms with van der Waals surface area (Å²) >= 11 is 0. The van der Waals surface area contributed by atoms with Crippen LogP contribution in [0, 0.1) is 0 Å². The number of hydrogen-bond acceptors (Lipinski definition) is 3. The van der Waals surface area contributed by atoms with Gasteiger partial charge in [-0.05, 0) is 26.8 Å². The molecule has 0 saturated heterocycles. The maximum Gasteiger partial charge on any atom is 0.329 e. The number of aliphatic carboxylic acids is 1. The molecule has 0 aliphatic carbocycles. The number of anilines is 1. The first kappa shape index (κ1) is 13.0. The summed E-state index contributed by atoms with van der Waals surface area (Å²) in [6.07, 6.45) is 1.86. The molecule has 2 N–H and O–H groups in total. The Bertz CT molecular complexity index is 462. The Morgan fingerprint density at radius 2 is 2.06 bits per heavy atom. The van der Waals surface area contributed by atoms with Gasteiger partial charge in [-0.15, -0.1) is 0 Å². The quantitative estimate of drug-likeness (QED) is 0.592. The third-order valence-corrected chi connectivity index (χ3v) is 2.56. The highest BCUT2D eigenvalue weighted by atomic mass is 16.4. The lowest BCUT2D eigenvalue weighted by Gasteiger charge is -2.30. The highest BCUT2D eigenvalue weighted by Gasteiger charge is 2.35. The van der Waals surface area contributed by atoms with Gasteiger partial charge in [0.2, 0.25) is 6.41 Å². The van der Waals surface area contributed by atoms with Crippen LogP contribution in [0.15, 0.2) is 12.3 Å². The molecule has 0 atom stereocenters. The van der Waals surface area contributed by atoms with E-state index in [-0.39, 0.29) is 11.6 Å². The third-order valence-electron chi connectivity index (χ3n) is 2.56. The number of ketones is 1. The largest absolute Gasteiger partial charge is 0.480 e. The molecule has 1 heterocycles. The monoisotopic (exact) mass is 238 g/mol. The molecule has 0 unspecified atom stereocenters. The number of H-pyrrole nitrogens is 1. The van der Waals surface area contributed by atoms with Gasteiger partial charge in [-0.2, -0.15) is 0 Å². The SMILES string of the molecule is CC(=O)c1c[nH]c(N(C=O)C(C)(C)C(=O)O)c1. The van der Waals surface area contributed by atoms with Gasteiger partial charge in [0, 0.05) is 11.8 Å². The lowest BCUT2D eigenvalue weighted by Crippen LogP contribution is -2.49. The van der Waals surface area contributed by atoms with Gasteiger partial charge in [0.25, 0.3) is 0 Å². The van der Waals surface area contributed by atoms with Crippen molar-refractivity contribution in [1.82, 2.24) is 4.98 Å². The number of carboxylic acids is 1. The number of Topliss-reactive ketones (excluding diaryl/α,β-unsaturated/α-hetero) is 1. The van der Waals surface area contributed by atoms with Gasteiger partial charge in [-0.1, -0.05) is 0 Å². The van der Waals surface area contributed by atoms with Crippen LogP contribution in [0.3, 0.4) is 0 Å². The van der Waals surface area contributed by atoms with Gasteiger partial charge >= 0.3 is 5.97 Å². The second kappa shape index (κ2) is 4.40. The van der Waals surface area contributed by atoms with E-state index in [1.807, 2.05) is 0 Å². The number of hydrogen-bond donors (Lipinski definition) is 2. The molecule has 0 spiro atoms. The zero-order chi connectivity index (χ0) is 13.2. The lowest BCUT2D eigenvalue weighted by molar-refractivity contribution is -0.143. The van der Waals surface area contributed by atoms with Crippen LogP contribution in [-0.2, 0) is 9.59 Å². The average Bonchev–Trinajstić information content (AvgIpc) is 2.67. The van der Waals surface area contributed by atoms with E-state index >= 15 is 0 Å². The van der Waals surface area contributed by atoms with Gasteiger partial charge in [-0.3, -0.25) is 14.5 Å². The van der Waals surface area contributed by atoms with E-state index in [1.165, 1.54) is 33.0 Å². The highest BCUT2D eigenvalue weighted by molar-refractivity contribution is 5.97. The number of rotatable bonds is 5. The molecule has 6 nitrogen and oxygen atoms in total. The summed E-state index contributed by atoms with van der Waals surface area (Å²) in [6, 6.07) is 1.45. The smallest absolute Gasteiger partial charge is 0.329 e.